The van der Waals surface area contributed by atoms with Crippen LogP contribution in [0.4, 0.5) is 27.4 Å². The normalized spacial score (nSPS) is 16.0. The van der Waals surface area contributed by atoms with E-state index in [2.05, 4.69) is 32.1 Å². The summed E-state index contributed by atoms with van der Waals surface area (Å²) in [5.74, 6) is 0.707. The van der Waals surface area contributed by atoms with Crippen LogP contribution in [0.1, 0.15) is 12.8 Å². The number of aromatic nitrogens is 2. The number of nitrogens with zero attached hydrogens (tertiary/aromatic N) is 4. The lowest BCUT2D eigenvalue weighted by molar-refractivity contribution is 0.252. The summed E-state index contributed by atoms with van der Waals surface area (Å²) in [4.78, 5) is 13.0. The smallest absolute Gasteiger partial charge is 0.159 e. The number of nitrogen functional groups attached to an aromatic ring is 1. The molecule has 0 spiro atoms. The number of benzene rings is 1. The Hall–Kier alpha value is -2.12. The fourth-order valence-electron chi connectivity index (χ4n) is 3.03. The minimum Gasteiger partial charge on any atom is -0.393 e. The van der Waals surface area contributed by atoms with Gasteiger partial charge in [-0.3, -0.25) is 0 Å². The number of halogens is 2. The molecule has 1 saturated heterocycles. The maximum Gasteiger partial charge on any atom is 0.159 e. The summed E-state index contributed by atoms with van der Waals surface area (Å²) in [6, 6.07) is 4.77. The van der Waals surface area contributed by atoms with Crippen LogP contribution in [0.5, 0.6) is 0 Å². The van der Waals surface area contributed by atoms with E-state index in [1.807, 2.05) is 7.05 Å². The van der Waals surface area contributed by atoms with Gasteiger partial charge in [0.25, 0.3) is 0 Å². The molecule has 6 nitrogen and oxygen atoms in total. The summed E-state index contributed by atoms with van der Waals surface area (Å²) in [7, 11) is 4.14. The molecule has 0 radical (unpaired) electrons. The van der Waals surface area contributed by atoms with Crippen LogP contribution in [-0.2, 0) is 0 Å². The van der Waals surface area contributed by atoms with Crippen molar-refractivity contribution in [2.75, 3.05) is 43.1 Å². The highest BCUT2D eigenvalue weighted by Crippen LogP contribution is 2.31. The molecule has 25 heavy (non-hydrogen) atoms. The van der Waals surface area contributed by atoms with Crippen LogP contribution in [0.3, 0.4) is 0 Å². The molecular formula is C17H22ClFN6. The van der Waals surface area contributed by atoms with Crippen LogP contribution in [0, 0.1) is 5.82 Å². The minimum absolute atomic E-state index is 0.0429. The van der Waals surface area contributed by atoms with E-state index >= 15 is 0 Å². The second-order valence-corrected chi connectivity index (χ2v) is 6.77. The van der Waals surface area contributed by atoms with Crippen LogP contribution in [0.15, 0.2) is 24.5 Å². The molecular weight excluding hydrogens is 343 g/mol. The van der Waals surface area contributed by atoms with Gasteiger partial charge in [0.2, 0.25) is 0 Å². The monoisotopic (exact) mass is 364 g/mol. The van der Waals surface area contributed by atoms with Crippen molar-refractivity contribution in [1.82, 2.24) is 14.9 Å². The number of piperidine rings is 1. The zero-order chi connectivity index (χ0) is 18.0. The van der Waals surface area contributed by atoms with Crippen LogP contribution >= 0.6 is 11.6 Å². The number of likely N-dealkylation sites (tertiary alicyclic amines) is 1. The SMILES string of the molecule is CN1CCC(N(C)c2ncnc(Nc3ccc(F)c(Cl)c3)c2N)CC1. The summed E-state index contributed by atoms with van der Waals surface area (Å²) in [5, 5.41) is 3.13. The Kier molecular flexibility index (Phi) is 5.24. The van der Waals surface area contributed by atoms with Gasteiger partial charge in [0, 0.05) is 18.8 Å². The number of hydrogen-bond acceptors (Lipinski definition) is 6. The van der Waals surface area contributed by atoms with Gasteiger partial charge in [0.15, 0.2) is 11.6 Å². The largest absolute Gasteiger partial charge is 0.393 e. The van der Waals surface area contributed by atoms with E-state index in [4.69, 9.17) is 17.3 Å². The lowest BCUT2D eigenvalue weighted by Crippen LogP contribution is -2.42. The van der Waals surface area contributed by atoms with Gasteiger partial charge in [-0.05, 0) is 51.2 Å². The molecule has 1 aromatic heterocycles. The first-order chi connectivity index (χ1) is 12.0. The predicted molar refractivity (Wildman–Crippen MR) is 100 cm³/mol. The van der Waals surface area contributed by atoms with Crippen molar-refractivity contribution < 1.29 is 4.39 Å². The maximum absolute atomic E-state index is 13.3. The summed E-state index contributed by atoms with van der Waals surface area (Å²) < 4.78 is 13.3. The van der Waals surface area contributed by atoms with E-state index in [1.165, 1.54) is 18.5 Å². The van der Waals surface area contributed by atoms with Gasteiger partial charge in [0.05, 0.1) is 5.02 Å². The number of hydrogen-bond donors (Lipinski definition) is 2. The van der Waals surface area contributed by atoms with Crippen LogP contribution in [-0.4, -0.2) is 48.1 Å². The number of nitrogens with one attached hydrogen (secondary N) is 1. The van der Waals surface area contributed by atoms with E-state index < -0.39 is 5.82 Å². The Morgan fingerprint density at radius 1 is 1.32 bits per heavy atom. The highest BCUT2D eigenvalue weighted by atomic mass is 35.5. The molecule has 0 unspecified atom stereocenters. The van der Waals surface area contributed by atoms with E-state index in [0.29, 0.717) is 29.1 Å². The molecule has 1 aliphatic rings. The third-order valence-electron chi connectivity index (χ3n) is 4.62. The van der Waals surface area contributed by atoms with Crippen molar-refractivity contribution in [3.8, 4) is 0 Å². The number of anilines is 4. The standard InChI is InChI=1S/C17H22ClFN6/c1-24-7-5-12(6-8-24)25(2)17-15(20)16(21-10-22-17)23-11-3-4-14(19)13(18)9-11/h3-4,9-10,12H,5-8,20H2,1-2H3,(H,21,22,23). The third-order valence-corrected chi connectivity index (χ3v) is 4.90. The summed E-state index contributed by atoms with van der Waals surface area (Å²) in [5.41, 5.74) is 7.37. The van der Waals surface area contributed by atoms with E-state index in [9.17, 15) is 4.39 Å². The maximum atomic E-state index is 13.3. The molecule has 3 rings (SSSR count). The Balaban J connectivity index is 1.80. The van der Waals surface area contributed by atoms with Gasteiger partial charge < -0.3 is 20.9 Å². The zero-order valence-corrected chi connectivity index (χ0v) is 15.1. The predicted octanol–water partition coefficient (Wildman–Crippen LogP) is 3.13. The fourth-order valence-corrected chi connectivity index (χ4v) is 3.21. The van der Waals surface area contributed by atoms with Gasteiger partial charge in [-0.15, -0.1) is 0 Å². The van der Waals surface area contributed by atoms with Gasteiger partial charge in [-0.25, -0.2) is 14.4 Å². The van der Waals surface area contributed by atoms with Gasteiger partial charge in [-0.1, -0.05) is 11.6 Å². The number of nitrogens with two attached hydrogens (primary N) is 1. The van der Waals surface area contributed by atoms with Crippen molar-refractivity contribution in [2.45, 2.75) is 18.9 Å². The topological polar surface area (TPSA) is 70.3 Å². The van der Waals surface area contributed by atoms with Crippen LogP contribution < -0.4 is 16.0 Å². The molecule has 2 aromatic rings. The second-order valence-electron chi connectivity index (χ2n) is 6.36. The minimum atomic E-state index is -0.467. The quantitative estimate of drug-likeness (QED) is 0.868. The first-order valence-electron chi connectivity index (χ1n) is 8.19. The molecule has 0 atom stereocenters. The van der Waals surface area contributed by atoms with Gasteiger partial charge in [0.1, 0.15) is 17.8 Å². The molecule has 1 aromatic carbocycles. The van der Waals surface area contributed by atoms with Crippen molar-refractivity contribution in [1.29, 1.82) is 0 Å². The lowest BCUT2D eigenvalue weighted by atomic mass is 10.0. The summed E-state index contributed by atoms with van der Waals surface area (Å²) in [6.07, 6.45) is 3.60. The Labute approximate surface area is 151 Å². The Morgan fingerprint density at radius 2 is 2.04 bits per heavy atom. The number of rotatable bonds is 4. The average molecular weight is 365 g/mol. The molecule has 134 valence electrons. The summed E-state index contributed by atoms with van der Waals surface area (Å²) >= 11 is 5.82. The van der Waals surface area contributed by atoms with Crippen LogP contribution in [0.25, 0.3) is 0 Å². The molecule has 0 aliphatic carbocycles. The third kappa shape index (κ3) is 3.93. The Morgan fingerprint density at radius 3 is 2.72 bits per heavy atom. The van der Waals surface area contributed by atoms with E-state index in [-0.39, 0.29) is 5.02 Å². The highest BCUT2D eigenvalue weighted by molar-refractivity contribution is 6.31. The second kappa shape index (κ2) is 7.41. The fraction of sp³-hybridized carbons (Fsp3) is 0.412. The summed E-state index contributed by atoms with van der Waals surface area (Å²) in [6.45, 7) is 2.11. The first-order valence-corrected chi connectivity index (χ1v) is 8.57. The Bertz CT molecular complexity index is 748. The van der Waals surface area contributed by atoms with Crippen molar-refractivity contribution in [2.24, 2.45) is 0 Å². The first kappa shape index (κ1) is 17.7. The molecule has 0 saturated carbocycles. The molecule has 0 bridgehead atoms. The van der Waals surface area contributed by atoms with Crippen LogP contribution in [0.2, 0.25) is 5.02 Å². The average Bonchev–Trinajstić information content (AvgIpc) is 2.60. The molecule has 1 fully saturated rings. The zero-order valence-electron chi connectivity index (χ0n) is 14.3. The van der Waals surface area contributed by atoms with E-state index in [1.54, 1.807) is 6.07 Å². The van der Waals surface area contributed by atoms with Crippen molar-refractivity contribution in [3.63, 3.8) is 0 Å². The molecule has 3 N–H and O–H groups in total. The van der Waals surface area contributed by atoms with E-state index in [0.717, 1.165) is 25.9 Å². The molecule has 8 heteroatoms. The molecule has 1 aliphatic heterocycles. The lowest BCUT2D eigenvalue weighted by Gasteiger charge is -2.36. The molecule has 2 heterocycles. The van der Waals surface area contributed by atoms with Gasteiger partial charge in [-0.2, -0.15) is 0 Å². The van der Waals surface area contributed by atoms with Crippen molar-refractivity contribution in [3.05, 3.63) is 35.4 Å². The van der Waals surface area contributed by atoms with Gasteiger partial charge >= 0.3 is 0 Å². The highest BCUT2D eigenvalue weighted by Gasteiger charge is 2.23. The molecule has 0 amide bonds. The van der Waals surface area contributed by atoms with Crippen molar-refractivity contribution >= 4 is 34.6 Å².